The molecular weight excluding hydrogens is 506 g/mol. The molecule has 1 fully saturated rings. The Morgan fingerprint density at radius 2 is 1.70 bits per heavy atom. The molecule has 40 heavy (non-hydrogen) atoms. The smallest absolute Gasteiger partial charge is 0.249 e. The molecule has 1 unspecified atom stereocenters. The topological polar surface area (TPSA) is 98.6 Å². The van der Waals surface area contributed by atoms with Crippen LogP contribution in [0.1, 0.15) is 49.3 Å². The third-order valence-corrected chi connectivity index (χ3v) is 7.56. The maximum atomic E-state index is 14.3. The molecule has 5 rings (SSSR count). The number of ether oxygens (including phenoxy) is 2. The number of nitrogens with one attached hydrogen (secondary N) is 1. The summed E-state index contributed by atoms with van der Waals surface area (Å²) in [7, 11) is 3.11. The lowest BCUT2D eigenvalue weighted by molar-refractivity contribution is -0.127. The number of aromatic nitrogens is 3. The number of fused-ring (bicyclic) bond motifs is 1. The van der Waals surface area contributed by atoms with Crippen LogP contribution >= 0.6 is 0 Å². The molecule has 0 saturated heterocycles. The second-order valence-electron chi connectivity index (χ2n) is 10.1. The van der Waals surface area contributed by atoms with Gasteiger partial charge in [0.15, 0.2) is 11.5 Å². The van der Waals surface area contributed by atoms with Gasteiger partial charge in [0, 0.05) is 17.8 Å². The summed E-state index contributed by atoms with van der Waals surface area (Å²) in [5.41, 5.74) is 3.61. The van der Waals surface area contributed by atoms with Crippen molar-refractivity contribution < 1.29 is 19.1 Å². The molecule has 1 aliphatic rings. The molecule has 1 saturated carbocycles. The molecule has 9 heteroatoms. The molecule has 1 heterocycles. The number of methoxy groups -OCH3 is 2. The highest BCUT2D eigenvalue weighted by Gasteiger charge is 2.35. The summed E-state index contributed by atoms with van der Waals surface area (Å²) in [6.45, 7) is 1.85. The molecule has 1 N–H and O–H groups in total. The number of carbonyl (C=O) groups is 2. The van der Waals surface area contributed by atoms with Gasteiger partial charge in [-0.05, 0) is 55.2 Å². The molecule has 3 aromatic carbocycles. The molecule has 1 atom stereocenters. The molecule has 208 valence electrons. The van der Waals surface area contributed by atoms with Crippen LogP contribution in [0.25, 0.3) is 11.0 Å². The van der Waals surface area contributed by atoms with Crippen molar-refractivity contribution in [3.05, 3.63) is 77.9 Å². The van der Waals surface area contributed by atoms with Crippen LogP contribution in [0.2, 0.25) is 0 Å². The van der Waals surface area contributed by atoms with E-state index in [0.29, 0.717) is 22.7 Å². The van der Waals surface area contributed by atoms with Crippen molar-refractivity contribution in [3.8, 4) is 11.5 Å². The molecule has 1 aliphatic carbocycles. The zero-order valence-electron chi connectivity index (χ0n) is 23.2. The number of para-hydroxylation sites is 1. The highest BCUT2D eigenvalue weighted by atomic mass is 16.5. The van der Waals surface area contributed by atoms with Crippen molar-refractivity contribution in [2.24, 2.45) is 0 Å². The van der Waals surface area contributed by atoms with Crippen LogP contribution in [-0.4, -0.2) is 47.1 Å². The van der Waals surface area contributed by atoms with Gasteiger partial charge < -0.3 is 14.8 Å². The van der Waals surface area contributed by atoms with E-state index >= 15 is 0 Å². The van der Waals surface area contributed by atoms with Crippen LogP contribution in [0.4, 0.5) is 5.69 Å². The van der Waals surface area contributed by atoms with E-state index in [0.717, 1.165) is 42.3 Å². The normalized spacial score (nSPS) is 14.5. The first-order valence-corrected chi connectivity index (χ1v) is 13.7. The Kier molecular flexibility index (Phi) is 8.28. The molecule has 0 spiro atoms. The first kappa shape index (κ1) is 27.2. The molecule has 1 aromatic heterocycles. The third kappa shape index (κ3) is 5.64. The highest BCUT2D eigenvalue weighted by molar-refractivity contribution is 6.02. The summed E-state index contributed by atoms with van der Waals surface area (Å²) in [6.07, 6.45) is 5.20. The highest BCUT2D eigenvalue weighted by Crippen LogP contribution is 2.36. The molecule has 0 bridgehead atoms. The van der Waals surface area contributed by atoms with E-state index in [-0.39, 0.29) is 24.4 Å². The minimum atomic E-state index is -0.913. The second kappa shape index (κ2) is 12.2. The van der Waals surface area contributed by atoms with E-state index in [2.05, 4.69) is 15.6 Å². The van der Waals surface area contributed by atoms with Gasteiger partial charge in [0.2, 0.25) is 11.8 Å². The van der Waals surface area contributed by atoms with Gasteiger partial charge in [-0.2, -0.15) is 0 Å². The Bertz CT molecular complexity index is 1490. The SMILES string of the molecule is COc1ccc(N(C(=O)Cn2nnc3ccccc32)C(C(=O)NC2CCCCC2)c2ccccc2C)cc1OC. The summed E-state index contributed by atoms with van der Waals surface area (Å²) in [5, 5.41) is 11.7. The van der Waals surface area contributed by atoms with Crippen molar-refractivity contribution in [2.45, 2.75) is 57.7 Å². The molecule has 2 amide bonds. The van der Waals surface area contributed by atoms with Crippen LogP contribution in [0, 0.1) is 6.92 Å². The Hall–Kier alpha value is -4.40. The number of benzene rings is 3. The van der Waals surface area contributed by atoms with Gasteiger partial charge in [-0.15, -0.1) is 5.10 Å². The van der Waals surface area contributed by atoms with Gasteiger partial charge in [-0.25, -0.2) is 4.68 Å². The maximum absolute atomic E-state index is 14.3. The zero-order chi connectivity index (χ0) is 28.1. The lowest BCUT2D eigenvalue weighted by atomic mass is 9.93. The molecule has 9 nitrogen and oxygen atoms in total. The van der Waals surface area contributed by atoms with Crippen LogP contribution < -0.4 is 19.7 Å². The maximum Gasteiger partial charge on any atom is 0.249 e. The van der Waals surface area contributed by atoms with Gasteiger partial charge >= 0.3 is 0 Å². The minimum Gasteiger partial charge on any atom is -0.493 e. The van der Waals surface area contributed by atoms with E-state index in [1.54, 1.807) is 42.0 Å². The second-order valence-corrected chi connectivity index (χ2v) is 10.1. The van der Waals surface area contributed by atoms with Crippen molar-refractivity contribution in [2.75, 3.05) is 19.1 Å². The lowest BCUT2D eigenvalue weighted by Crippen LogP contribution is -2.48. The summed E-state index contributed by atoms with van der Waals surface area (Å²) < 4.78 is 12.6. The monoisotopic (exact) mass is 541 g/mol. The number of nitrogens with zero attached hydrogens (tertiary/aromatic N) is 4. The minimum absolute atomic E-state index is 0.0781. The molecule has 4 aromatic rings. The fourth-order valence-corrected chi connectivity index (χ4v) is 5.47. The Balaban J connectivity index is 1.61. The summed E-state index contributed by atoms with van der Waals surface area (Å²) in [5.74, 6) is 0.461. The first-order valence-electron chi connectivity index (χ1n) is 13.7. The fraction of sp³-hybridized carbons (Fsp3) is 0.355. The molecule has 0 aliphatic heterocycles. The summed E-state index contributed by atoms with van der Waals surface area (Å²) >= 11 is 0. The average molecular weight is 542 g/mol. The standard InChI is InChI=1S/C31H35N5O4/c1-21-11-7-8-14-24(21)30(31(38)32-22-12-5-4-6-13-22)36(23-17-18-27(39-2)28(19-23)40-3)29(37)20-35-26-16-10-9-15-25(26)33-34-35/h7-11,14-19,22,30H,4-6,12-13,20H2,1-3H3,(H,32,38). The van der Waals surface area contributed by atoms with Gasteiger partial charge in [0.1, 0.15) is 18.1 Å². The largest absolute Gasteiger partial charge is 0.493 e. The van der Waals surface area contributed by atoms with Crippen molar-refractivity contribution in [1.29, 1.82) is 0 Å². The van der Waals surface area contributed by atoms with Crippen LogP contribution in [0.5, 0.6) is 11.5 Å². The number of amides is 2. The zero-order valence-corrected chi connectivity index (χ0v) is 23.2. The van der Waals surface area contributed by atoms with Crippen molar-refractivity contribution in [1.82, 2.24) is 20.3 Å². The Labute approximate surface area is 234 Å². The number of hydrogen-bond acceptors (Lipinski definition) is 6. The summed E-state index contributed by atoms with van der Waals surface area (Å²) in [6, 6.07) is 19.6. The summed E-state index contributed by atoms with van der Waals surface area (Å²) in [4.78, 5) is 30.1. The number of anilines is 1. The number of aryl methyl sites for hydroxylation is 1. The van der Waals surface area contributed by atoms with Crippen LogP contribution in [-0.2, 0) is 16.1 Å². The van der Waals surface area contributed by atoms with Crippen molar-refractivity contribution in [3.63, 3.8) is 0 Å². The molecular formula is C31H35N5O4. The van der Waals surface area contributed by atoms with Gasteiger partial charge in [-0.1, -0.05) is 60.9 Å². The Morgan fingerprint density at radius 3 is 2.45 bits per heavy atom. The van der Waals surface area contributed by atoms with Crippen LogP contribution in [0.15, 0.2) is 66.7 Å². The van der Waals surface area contributed by atoms with E-state index in [4.69, 9.17) is 9.47 Å². The third-order valence-electron chi connectivity index (χ3n) is 7.56. The average Bonchev–Trinajstić information content (AvgIpc) is 3.39. The van der Waals surface area contributed by atoms with E-state index in [9.17, 15) is 9.59 Å². The van der Waals surface area contributed by atoms with E-state index < -0.39 is 6.04 Å². The van der Waals surface area contributed by atoms with Gasteiger partial charge in [-0.3, -0.25) is 14.5 Å². The predicted molar refractivity (Wildman–Crippen MR) is 153 cm³/mol. The van der Waals surface area contributed by atoms with Gasteiger partial charge in [0.25, 0.3) is 0 Å². The first-order chi connectivity index (χ1) is 19.5. The fourth-order valence-electron chi connectivity index (χ4n) is 5.47. The Morgan fingerprint density at radius 1 is 0.975 bits per heavy atom. The number of hydrogen-bond donors (Lipinski definition) is 1. The van der Waals surface area contributed by atoms with Crippen molar-refractivity contribution >= 4 is 28.5 Å². The lowest BCUT2D eigenvalue weighted by Gasteiger charge is -2.34. The van der Waals surface area contributed by atoms with E-state index in [1.165, 1.54) is 6.42 Å². The van der Waals surface area contributed by atoms with Crippen LogP contribution in [0.3, 0.4) is 0 Å². The van der Waals surface area contributed by atoms with Gasteiger partial charge in [0.05, 0.1) is 19.7 Å². The quantitative estimate of drug-likeness (QED) is 0.321. The number of carbonyl (C=O) groups excluding carboxylic acids is 2. The number of rotatable bonds is 9. The predicted octanol–water partition coefficient (Wildman–Crippen LogP) is 4.98. The van der Waals surface area contributed by atoms with E-state index in [1.807, 2.05) is 55.5 Å². The molecule has 0 radical (unpaired) electrons.